The van der Waals surface area contributed by atoms with Crippen LogP contribution in [-0.2, 0) is 13.1 Å². The SMILES string of the molecule is CCn1nc(C)cc1NCc1cc(F)ccc1F.Cl. The molecule has 2 rings (SSSR count). The van der Waals surface area contributed by atoms with Crippen LogP contribution in [0.15, 0.2) is 24.3 Å². The van der Waals surface area contributed by atoms with Crippen LogP contribution in [0.2, 0.25) is 0 Å². The molecule has 0 unspecified atom stereocenters. The van der Waals surface area contributed by atoms with Crippen molar-refractivity contribution >= 4 is 18.2 Å². The molecule has 104 valence electrons. The van der Waals surface area contributed by atoms with E-state index in [1.807, 2.05) is 19.9 Å². The van der Waals surface area contributed by atoms with Crippen LogP contribution in [0.25, 0.3) is 0 Å². The second-order valence-corrected chi connectivity index (χ2v) is 4.08. The van der Waals surface area contributed by atoms with Gasteiger partial charge in [-0.25, -0.2) is 13.5 Å². The molecule has 0 aliphatic carbocycles. The maximum absolute atomic E-state index is 13.4. The molecule has 19 heavy (non-hydrogen) atoms. The van der Waals surface area contributed by atoms with Gasteiger partial charge < -0.3 is 5.32 Å². The molecule has 0 spiro atoms. The molecule has 1 aromatic carbocycles. The summed E-state index contributed by atoms with van der Waals surface area (Å²) in [5.74, 6) is -0.0461. The smallest absolute Gasteiger partial charge is 0.128 e. The lowest BCUT2D eigenvalue weighted by molar-refractivity contribution is 0.586. The summed E-state index contributed by atoms with van der Waals surface area (Å²) in [5, 5.41) is 7.33. The number of hydrogen-bond acceptors (Lipinski definition) is 2. The van der Waals surface area contributed by atoms with Gasteiger partial charge in [0.25, 0.3) is 0 Å². The van der Waals surface area contributed by atoms with E-state index in [4.69, 9.17) is 0 Å². The summed E-state index contributed by atoms with van der Waals surface area (Å²) in [6.07, 6.45) is 0. The molecule has 2 aromatic rings. The fourth-order valence-corrected chi connectivity index (χ4v) is 1.79. The first kappa shape index (κ1) is 15.4. The molecule has 0 saturated carbocycles. The van der Waals surface area contributed by atoms with Crippen LogP contribution in [0.1, 0.15) is 18.2 Å². The normalized spacial score (nSPS) is 10.1. The van der Waals surface area contributed by atoms with E-state index in [0.717, 1.165) is 30.2 Å². The summed E-state index contributed by atoms with van der Waals surface area (Å²) in [7, 11) is 0. The quantitative estimate of drug-likeness (QED) is 0.932. The number of aromatic nitrogens is 2. The number of hydrogen-bond donors (Lipinski definition) is 1. The highest BCUT2D eigenvalue weighted by Gasteiger charge is 2.06. The lowest BCUT2D eigenvalue weighted by Crippen LogP contribution is -2.08. The maximum atomic E-state index is 13.4. The van der Waals surface area contributed by atoms with E-state index in [0.29, 0.717) is 5.56 Å². The van der Waals surface area contributed by atoms with Crippen LogP contribution in [-0.4, -0.2) is 9.78 Å². The zero-order valence-corrected chi connectivity index (χ0v) is 11.6. The minimum atomic E-state index is -0.437. The van der Waals surface area contributed by atoms with Gasteiger partial charge in [-0.3, -0.25) is 0 Å². The van der Waals surface area contributed by atoms with Gasteiger partial charge >= 0.3 is 0 Å². The van der Waals surface area contributed by atoms with Crippen LogP contribution in [0, 0.1) is 18.6 Å². The van der Waals surface area contributed by atoms with Crippen molar-refractivity contribution in [2.75, 3.05) is 5.32 Å². The van der Waals surface area contributed by atoms with Crippen LogP contribution < -0.4 is 5.32 Å². The van der Waals surface area contributed by atoms with Crippen molar-refractivity contribution in [3.63, 3.8) is 0 Å². The average molecular weight is 288 g/mol. The Bertz CT molecular complexity index is 555. The van der Waals surface area contributed by atoms with Gasteiger partial charge in [-0.1, -0.05) is 0 Å². The standard InChI is InChI=1S/C13H15F2N3.ClH/c1-3-18-13(6-9(2)17-18)16-8-10-7-11(14)4-5-12(10)15;/h4-7,16H,3,8H2,1-2H3;1H. The van der Waals surface area contributed by atoms with E-state index in [1.165, 1.54) is 6.07 Å². The van der Waals surface area contributed by atoms with Gasteiger partial charge in [-0.2, -0.15) is 5.10 Å². The van der Waals surface area contributed by atoms with E-state index in [2.05, 4.69) is 10.4 Å². The Hall–Kier alpha value is -1.62. The van der Waals surface area contributed by atoms with Crippen LogP contribution >= 0.6 is 12.4 Å². The second-order valence-electron chi connectivity index (χ2n) is 4.08. The summed E-state index contributed by atoms with van der Waals surface area (Å²) in [6.45, 7) is 4.82. The Morgan fingerprint density at radius 2 is 2.00 bits per heavy atom. The molecule has 0 bridgehead atoms. The maximum Gasteiger partial charge on any atom is 0.128 e. The third-order valence-electron chi connectivity index (χ3n) is 2.67. The molecule has 0 aliphatic rings. The molecule has 0 radical (unpaired) electrons. The predicted octanol–water partition coefficient (Wildman–Crippen LogP) is 3.52. The highest BCUT2D eigenvalue weighted by molar-refractivity contribution is 5.85. The Balaban J connectivity index is 0.00000180. The fourth-order valence-electron chi connectivity index (χ4n) is 1.79. The topological polar surface area (TPSA) is 29.9 Å². The second kappa shape index (κ2) is 6.52. The molecule has 0 saturated heterocycles. The molecule has 1 heterocycles. The monoisotopic (exact) mass is 287 g/mol. The highest BCUT2D eigenvalue weighted by Crippen LogP contribution is 2.14. The van der Waals surface area contributed by atoms with Crippen molar-refractivity contribution in [2.24, 2.45) is 0 Å². The molecule has 3 nitrogen and oxygen atoms in total. The van der Waals surface area contributed by atoms with Crippen molar-refractivity contribution in [1.82, 2.24) is 9.78 Å². The number of halogens is 3. The molecular weight excluding hydrogens is 272 g/mol. The molecule has 0 atom stereocenters. The minimum absolute atomic E-state index is 0. The largest absolute Gasteiger partial charge is 0.366 e. The lowest BCUT2D eigenvalue weighted by Gasteiger charge is -2.08. The zero-order valence-electron chi connectivity index (χ0n) is 10.8. The third kappa shape index (κ3) is 3.67. The van der Waals surface area contributed by atoms with E-state index >= 15 is 0 Å². The Kier molecular flexibility index (Phi) is 5.30. The van der Waals surface area contributed by atoms with Gasteiger partial charge in [0.1, 0.15) is 17.5 Å². The molecule has 1 N–H and O–H groups in total. The van der Waals surface area contributed by atoms with Gasteiger partial charge in [0.15, 0.2) is 0 Å². The van der Waals surface area contributed by atoms with Crippen molar-refractivity contribution in [3.8, 4) is 0 Å². The summed E-state index contributed by atoms with van der Waals surface area (Å²) >= 11 is 0. The number of benzene rings is 1. The van der Waals surface area contributed by atoms with E-state index in [1.54, 1.807) is 4.68 Å². The highest BCUT2D eigenvalue weighted by atomic mass is 35.5. The minimum Gasteiger partial charge on any atom is -0.366 e. The number of rotatable bonds is 4. The number of aryl methyl sites for hydroxylation is 2. The van der Waals surface area contributed by atoms with Gasteiger partial charge in [0.2, 0.25) is 0 Å². The van der Waals surface area contributed by atoms with E-state index < -0.39 is 11.6 Å². The van der Waals surface area contributed by atoms with Crippen molar-refractivity contribution < 1.29 is 8.78 Å². The summed E-state index contributed by atoms with van der Waals surface area (Å²) in [5.41, 5.74) is 1.19. The molecule has 0 aliphatic heterocycles. The van der Waals surface area contributed by atoms with Crippen LogP contribution in [0.3, 0.4) is 0 Å². The van der Waals surface area contributed by atoms with Crippen molar-refractivity contribution in [3.05, 3.63) is 47.2 Å². The van der Waals surface area contributed by atoms with Gasteiger partial charge in [-0.15, -0.1) is 12.4 Å². The molecule has 6 heteroatoms. The first-order chi connectivity index (χ1) is 8.60. The van der Waals surface area contributed by atoms with Gasteiger partial charge in [0.05, 0.1) is 5.69 Å². The van der Waals surface area contributed by atoms with Crippen LogP contribution in [0.5, 0.6) is 0 Å². The fraction of sp³-hybridized carbons (Fsp3) is 0.308. The molecule has 1 aromatic heterocycles. The average Bonchev–Trinajstić information content (AvgIpc) is 2.71. The Morgan fingerprint density at radius 3 is 2.68 bits per heavy atom. The van der Waals surface area contributed by atoms with E-state index in [9.17, 15) is 8.78 Å². The molecular formula is C13H16ClF2N3. The molecule has 0 amide bonds. The summed E-state index contributed by atoms with van der Waals surface area (Å²) < 4.78 is 28.2. The Labute approximate surface area is 117 Å². The Morgan fingerprint density at radius 1 is 1.26 bits per heavy atom. The third-order valence-corrected chi connectivity index (χ3v) is 2.67. The van der Waals surface area contributed by atoms with Crippen molar-refractivity contribution in [2.45, 2.75) is 26.9 Å². The predicted molar refractivity (Wildman–Crippen MR) is 73.6 cm³/mol. The lowest BCUT2D eigenvalue weighted by atomic mass is 10.2. The first-order valence-electron chi connectivity index (χ1n) is 5.82. The number of nitrogens with zero attached hydrogens (tertiary/aromatic N) is 2. The number of anilines is 1. The zero-order chi connectivity index (χ0) is 13.1. The van der Waals surface area contributed by atoms with Crippen molar-refractivity contribution in [1.29, 1.82) is 0 Å². The summed E-state index contributed by atoms with van der Waals surface area (Å²) in [6, 6.07) is 5.32. The number of nitrogens with one attached hydrogen (secondary N) is 1. The first-order valence-corrected chi connectivity index (χ1v) is 5.82. The van der Waals surface area contributed by atoms with Gasteiger partial charge in [-0.05, 0) is 32.0 Å². The van der Waals surface area contributed by atoms with E-state index in [-0.39, 0.29) is 19.0 Å². The molecule has 0 fully saturated rings. The van der Waals surface area contributed by atoms with Gasteiger partial charge in [0, 0.05) is 24.7 Å². The summed E-state index contributed by atoms with van der Waals surface area (Å²) in [4.78, 5) is 0. The van der Waals surface area contributed by atoms with Crippen LogP contribution in [0.4, 0.5) is 14.6 Å².